The maximum absolute atomic E-state index is 12.4. The monoisotopic (exact) mass is 254 g/mol. The smallest absolute Gasteiger partial charge is 0.239 e. The zero-order valence-corrected chi connectivity index (χ0v) is 12.4. The zero-order chi connectivity index (χ0) is 13.4. The van der Waals surface area contributed by atoms with E-state index in [9.17, 15) is 4.79 Å². The Balaban J connectivity index is 2.41. The molecule has 1 fully saturated rings. The quantitative estimate of drug-likeness (QED) is 0.675. The second kappa shape index (κ2) is 8.52. The number of carbonyl (C=O) groups excluding carboxylic acids is 1. The normalized spacial score (nSPS) is 22.3. The first-order valence-electron chi connectivity index (χ1n) is 7.74. The molecule has 106 valence electrons. The molecular formula is C15H30N2O. The van der Waals surface area contributed by atoms with Crippen molar-refractivity contribution < 1.29 is 4.79 Å². The van der Waals surface area contributed by atoms with Gasteiger partial charge in [0.05, 0.1) is 6.04 Å². The molecule has 0 spiro atoms. The number of rotatable bonds is 8. The molecule has 1 aliphatic heterocycles. The Morgan fingerprint density at radius 3 is 2.78 bits per heavy atom. The van der Waals surface area contributed by atoms with Gasteiger partial charge in [-0.15, -0.1) is 0 Å². The van der Waals surface area contributed by atoms with Crippen LogP contribution in [0.4, 0.5) is 0 Å². The van der Waals surface area contributed by atoms with E-state index in [-0.39, 0.29) is 6.04 Å². The summed E-state index contributed by atoms with van der Waals surface area (Å²) in [4.78, 5) is 14.5. The predicted molar refractivity (Wildman–Crippen MR) is 76.6 cm³/mol. The lowest BCUT2D eigenvalue weighted by Crippen LogP contribution is -2.53. The van der Waals surface area contributed by atoms with E-state index in [2.05, 4.69) is 31.0 Å². The van der Waals surface area contributed by atoms with Crippen molar-refractivity contribution in [1.82, 2.24) is 10.2 Å². The minimum atomic E-state index is 0.0762. The molecule has 1 saturated heterocycles. The van der Waals surface area contributed by atoms with E-state index in [0.29, 0.717) is 11.9 Å². The molecular weight excluding hydrogens is 224 g/mol. The number of amides is 1. The molecule has 1 N–H and O–H groups in total. The second-order valence-electron chi connectivity index (χ2n) is 5.53. The molecule has 0 saturated carbocycles. The van der Waals surface area contributed by atoms with Crippen LogP contribution in [0.3, 0.4) is 0 Å². The van der Waals surface area contributed by atoms with Crippen LogP contribution >= 0.6 is 0 Å². The number of likely N-dealkylation sites (tertiary alicyclic amines) is 1. The third kappa shape index (κ3) is 4.60. The van der Waals surface area contributed by atoms with E-state index in [1.54, 1.807) is 0 Å². The molecule has 0 aliphatic carbocycles. The van der Waals surface area contributed by atoms with Crippen molar-refractivity contribution in [2.24, 2.45) is 0 Å². The van der Waals surface area contributed by atoms with Gasteiger partial charge in [-0.1, -0.05) is 33.1 Å². The SMILES string of the molecule is CCCCCC(C)N1CCCC(NCCC)C1=O. The van der Waals surface area contributed by atoms with Gasteiger partial charge in [-0.2, -0.15) is 0 Å². The van der Waals surface area contributed by atoms with Gasteiger partial charge in [0.25, 0.3) is 0 Å². The van der Waals surface area contributed by atoms with Crippen LogP contribution in [0.15, 0.2) is 0 Å². The number of piperidine rings is 1. The number of hydrogen-bond donors (Lipinski definition) is 1. The lowest BCUT2D eigenvalue weighted by Gasteiger charge is -2.37. The highest BCUT2D eigenvalue weighted by Gasteiger charge is 2.30. The third-order valence-corrected chi connectivity index (χ3v) is 3.87. The Labute approximate surface area is 112 Å². The Bertz CT molecular complexity index is 243. The number of carbonyl (C=O) groups is 1. The average molecular weight is 254 g/mol. The highest BCUT2D eigenvalue weighted by Crippen LogP contribution is 2.18. The summed E-state index contributed by atoms with van der Waals surface area (Å²) in [7, 11) is 0. The van der Waals surface area contributed by atoms with Crippen LogP contribution in [0.2, 0.25) is 0 Å². The zero-order valence-electron chi connectivity index (χ0n) is 12.4. The van der Waals surface area contributed by atoms with Crippen LogP contribution < -0.4 is 5.32 Å². The minimum absolute atomic E-state index is 0.0762. The minimum Gasteiger partial charge on any atom is -0.339 e. The fourth-order valence-electron chi connectivity index (χ4n) is 2.69. The molecule has 2 atom stereocenters. The van der Waals surface area contributed by atoms with Gasteiger partial charge in [0.1, 0.15) is 0 Å². The van der Waals surface area contributed by atoms with Gasteiger partial charge < -0.3 is 10.2 Å². The van der Waals surface area contributed by atoms with E-state index in [4.69, 9.17) is 0 Å². The number of nitrogens with zero attached hydrogens (tertiary/aromatic N) is 1. The molecule has 3 heteroatoms. The van der Waals surface area contributed by atoms with Crippen LogP contribution in [0.25, 0.3) is 0 Å². The van der Waals surface area contributed by atoms with Crippen molar-refractivity contribution >= 4 is 5.91 Å². The van der Waals surface area contributed by atoms with Crippen LogP contribution in [0.5, 0.6) is 0 Å². The van der Waals surface area contributed by atoms with Crippen molar-refractivity contribution in [2.45, 2.75) is 77.8 Å². The summed E-state index contributed by atoms with van der Waals surface area (Å²) < 4.78 is 0. The Morgan fingerprint density at radius 2 is 2.11 bits per heavy atom. The first-order chi connectivity index (χ1) is 8.70. The highest BCUT2D eigenvalue weighted by molar-refractivity contribution is 5.82. The highest BCUT2D eigenvalue weighted by atomic mass is 16.2. The molecule has 2 unspecified atom stereocenters. The summed E-state index contributed by atoms with van der Waals surface area (Å²) >= 11 is 0. The standard InChI is InChI=1S/C15H30N2O/c1-4-6-7-9-13(3)17-12-8-10-14(15(17)18)16-11-5-2/h13-14,16H,4-12H2,1-3H3. The molecule has 0 radical (unpaired) electrons. The van der Waals surface area contributed by atoms with E-state index in [1.165, 1.54) is 19.3 Å². The van der Waals surface area contributed by atoms with E-state index in [0.717, 1.165) is 38.8 Å². The average Bonchev–Trinajstić information content (AvgIpc) is 2.37. The fourth-order valence-corrected chi connectivity index (χ4v) is 2.69. The number of unbranched alkanes of at least 4 members (excludes halogenated alkanes) is 2. The van der Waals surface area contributed by atoms with E-state index in [1.807, 2.05) is 0 Å². The third-order valence-electron chi connectivity index (χ3n) is 3.87. The summed E-state index contributed by atoms with van der Waals surface area (Å²) in [5.74, 6) is 0.332. The Kier molecular flexibility index (Phi) is 7.33. The van der Waals surface area contributed by atoms with Gasteiger partial charge in [-0.3, -0.25) is 4.79 Å². The Morgan fingerprint density at radius 1 is 1.33 bits per heavy atom. The lowest BCUT2D eigenvalue weighted by molar-refractivity contribution is -0.138. The van der Waals surface area contributed by atoms with Crippen LogP contribution in [0, 0.1) is 0 Å². The fraction of sp³-hybridized carbons (Fsp3) is 0.933. The van der Waals surface area contributed by atoms with Crippen molar-refractivity contribution in [1.29, 1.82) is 0 Å². The molecule has 18 heavy (non-hydrogen) atoms. The van der Waals surface area contributed by atoms with Gasteiger partial charge >= 0.3 is 0 Å². The van der Waals surface area contributed by atoms with Gasteiger partial charge in [0, 0.05) is 12.6 Å². The molecule has 1 aliphatic rings. The topological polar surface area (TPSA) is 32.3 Å². The van der Waals surface area contributed by atoms with Crippen LogP contribution in [-0.2, 0) is 4.79 Å². The number of nitrogens with one attached hydrogen (secondary N) is 1. The molecule has 3 nitrogen and oxygen atoms in total. The summed E-state index contributed by atoms with van der Waals surface area (Å²) in [5, 5.41) is 3.38. The first-order valence-corrected chi connectivity index (χ1v) is 7.74. The van der Waals surface area contributed by atoms with Gasteiger partial charge in [0.2, 0.25) is 5.91 Å². The molecule has 0 aromatic rings. The lowest BCUT2D eigenvalue weighted by atomic mass is 10.0. The van der Waals surface area contributed by atoms with Crippen molar-refractivity contribution in [3.8, 4) is 0 Å². The largest absolute Gasteiger partial charge is 0.339 e. The molecule has 0 aromatic carbocycles. The molecule has 1 amide bonds. The summed E-state index contributed by atoms with van der Waals surface area (Å²) in [6, 6.07) is 0.489. The number of hydrogen-bond acceptors (Lipinski definition) is 2. The summed E-state index contributed by atoms with van der Waals surface area (Å²) in [6.45, 7) is 8.48. The molecule has 1 rings (SSSR count). The van der Waals surface area contributed by atoms with Gasteiger partial charge in [-0.25, -0.2) is 0 Å². The molecule has 1 heterocycles. The maximum Gasteiger partial charge on any atom is 0.239 e. The van der Waals surface area contributed by atoms with Crippen molar-refractivity contribution in [3.63, 3.8) is 0 Å². The van der Waals surface area contributed by atoms with Gasteiger partial charge in [0.15, 0.2) is 0 Å². The van der Waals surface area contributed by atoms with E-state index < -0.39 is 0 Å². The van der Waals surface area contributed by atoms with Crippen molar-refractivity contribution in [3.05, 3.63) is 0 Å². The summed E-state index contributed by atoms with van der Waals surface area (Å²) in [5.41, 5.74) is 0. The van der Waals surface area contributed by atoms with E-state index >= 15 is 0 Å². The molecule has 0 bridgehead atoms. The second-order valence-corrected chi connectivity index (χ2v) is 5.53. The first kappa shape index (κ1) is 15.5. The summed E-state index contributed by atoms with van der Waals surface area (Å²) in [6.07, 6.45) is 8.18. The van der Waals surface area contributed by atoms with Gasteiger partial charge in [-0.05, 0) is 39.2 Å². The maximum atomic E-state index is 12.4. The van der Waals surface area contributed by atoms with Crippen molar-refractivity contribution in [2.75, 3.05) is 13.1 Å². The van der Waals surface area contributed by atoms with Crippen LogP contribution in [-0.4, -0.2) is 36.0 Å². The molecule has 0 aromatic heterocycles. The van der Waals surface area contributed by atoms with Crippen LogP contribution in [0.1, 0.15) is 65.7 Å². The predicted octanol–water partition coefficient (Wildman–Crippen LogP) is 2.95. The Hall–Kier alpha value is -0.570.